The van der Waals surface area contributed by atoms with E-state index in [1.165, 1.54) is 6.42 Å². The molecule has 2 atom stereocenters. The maximum absolute atomic E-state index is 12.9. The van der Waals surface area contributed by atoms with Gasteiger partial charge in [-0.3, -0.25) is 4.79 Å². The van der Waals surface area contributed by atoms with Gasteiger partial charge in [0.2, 0.25) is 0 Å². The molecule has 7 nitrogen and oxygen atoms in total. The number of carbonyl (C=O) groups excluding carboxylic acids is 1. The van der Waals surface area contributed by atoms with Gasteiger partial charge in [-0.05, 0) is 73.3 Å². The highest BCUT2D eigenvalue weighted by atomic mass is 35.5. The van der Waals surface area contributed by atoms with Crippen molar-refractivity contribution in [3.05, 3.63) is 46.6 Å². The van der Waals surface area contributed by atoms with Gasteiger partial charge in [0.1, 0.15) is 6.07 Å². The maximum Gasteiger partial charge on any atom is 0.274 e. The summed E-state index contributed by atoms with van der Waals surface area (Å²) >= 11 is 6.27. The number of aromatic nitrogens is 2. The van der Waals surface area contributed by atoms with Crippen LogP contribution in [-0.4, -0.2) is 60.3 Å². The Morgan fingerprint density at radius 2 is 1.71 bits per heavy atom. The number of piperidine rings is 2. The Bertz CT molecular complexity index is 1110. The van der Waals surface area contributed by atoms with Crippen molar-refractivity contribution in [3.63, 3.8) is 0 Å². The van der Waals surface area contributed by atoms with Crippen molar-refractivity contribution in [2.24, 2.45) is 17.3 Å². The number of rotatable bonds is 3. The van der Waals surface area contributed by atoms with Crippen LogP contribution in [0.25, 0.3) is 0 Å². The number of hydrogen-bond donors (Lipinski definition) is 0. The summed E-state index contributed by atoms with van der Waals surface area (Å²) in [6.07, 6.45) is 4.52. The summed E-state index contributed by atoms with van der Waals surface area (Å²) in [4.78, 5) is 19.5. The molecule has 2 aromatic rings. The van der Waals surface area contributed by atoms with Crippen LogP contribution in [0.4, 0.5) is 11.5 Å². The predicted molar refractivity (Wildman–Crippen MR) is 138 cm³/mol. The molecule has 1 aromatic carbocycles. The van der Waals surface area contributed by atoms with Crippen molar-refractivity contribution in [2.75, 3.05) is 49.1 Å². The van der Waals surface area contributed by atoms with Gasteiger partial charge in [0.05, 0.1) is 10.6 Å². The zero-order valence-corrected chi connectivity index (χ0v) is 21.3. The Balaban J connectivity index is 1.18. The fourth-order valence-corrected chi connectivity index (χ4v) is 6.38. The van der Waals surface area contributed by atoms with Gasteiger partial charge >= 0.3 is 0 Å². The monoisotopic (exact) mass is 492 g/mol. The molecule has 1 amide bonds. The Morgan fingerprint density at radius 1 is 1.03 bits per heavy atom. The van der Waals surface area contributed by atoms with Crippen LogP contribution < -0.4 is 9.80 Å². The van der Waals surface area contributed by atoms with Crippen LogP contribution in [0, 0.1) is 28.6 Å². The second kappa shape index (κ2) is 9.66. The van der Waals surface area contributed by atoms with Crippen molar-refractivity contribution in [3.8, 4) is 6.07 Å². The van der Waals surface area contributed by atoms with E-state index in [9.17, 15) is 4.79 Å². The number of amides is 1. The molecule has 8 heteroatoms. The van der Waals surface area contributed by atoms with E-state index in [0.29, 0.717) is 33.5 Å². The van der Waals surface area contributed by atoms with Crippen molar-refractivity contribution in [2.45, 2.75) is 39.5 Å². The van der Waals surface area contributed by atoms with Gasteiger partial charge in [-0.15, -0.1) is 10.2 Å². The lowest BCUT2D eigenvalue weighted by molar-refractivity contribution is 0.0616. The second-order valence-electron chi connectivity index (χ2n) is 10.9. The van der Waals surface area contributed by atoms with Gasteiger partial charge < -0.3 is 14.7 Å². The molecule has 2 unspecified atom stereocenters. The molecule has 0 bridgehead atoms. The SMILES string of the molecule is CC1CC(C)CN(C(=O)c2ccc(N3CCC4(CCN(c5ccc(C#N)c(Cl)c5)C4)CC3)nn2)C1. The highest BCUT2D eigenvalue weighted by molar-refractivity contribution is 6.32. The standard InChI is InChI=1S/C27H33ClN6O/c1-19-13-20(2)17-34(16-19)26(35)24-5-6-25(31-30-24)32-10-7-27(8-11-32)9-12-33(18-27)22-4-3-21(15-29)23(28)14-22/h3-6,14,19-20H,7-13,16-18H2,1-2H3. The molecule has 3 saturated heterocycles. The smallest absolute Gasteiger partial charge is 0.274 e. The third-order valence-corrected chi connectivity index (χ3v) is 8.36. The summed E-state index contributed by atoms with van der Waals surface area (Å²) in [5.74, 6) is 1.89. The number of likely N-dealkylation sites (tertiary alicyclic amines) is 1. The minimum Gasteiger partial charge on any atom is -0.371 e. The third kappa shape index (κ3) is 4.95. The normalized spacial score (nSPS) is 24.0. The van der Waals surface area contributed by atoms with Gasteiger partial charge in [-0.25, -0.2) is 0 Å². The average Bonchev–Trinajstić information content (AvgIpc) is 3.27. The molecule has 5 rings (SSSR count). The van der Waals surface area contributed by atoms with E-state index in [1.54, 1.807) is 0 Å². The fourth-order valence-electron chi connectivity index (χ4n) is 6.16. The molecule has 0 aliphatic carbocycles. The Hall–Kier alpha value is -2.85. The van der Waals surface area contributed by atoms with E-state index >= 15 is 0 Å². The molecule has 1 aromatic heterocycles. The summed E-state index contributed by atoms with van der Waals surface area (Å²) in [6.45, 7) is 9.89. The van der Waals surface area contributed by atoms with Crippen LogP contribution in [0.5, 0.6) is 0 Å². The highest BCUT2D eigenvalue weighted by Crippen LogP contribution is 2.43. The van der Waals surface area contributed by atoms with E-state index in [1.807, 2.05) is 35.2 Å². The first-order valence-electron chi connectivity index (χ1n) is 12.7. The van der Waals surface area contributed by atoms with E-state index in [4.69, 9.17) is 16.9 Å². The first-order valence-corrected chi connectivity index (χ1v) is 13.1. The molecular weight excluding hydrogens is 460 g/mol. The maximum atomic E-state index is 12.9. The summed E-state index contributed by atoms with van der Waals surface area (Å²) in [6, 6.07) is 11.7. The minimum absolute atomic E-state index is 0.00556. The van der Waals surface area contributed by atoms with Crippen LogP contribution in [-0.2, 0) is 0 Å². The van der Waals surface area contributed by atoms with Gasteiger partial charge in [-0.1, -0.05) is 25.4 Å². The summed E-state index contributed by atoms with van der Waals surface area (Å²) in [5.41, 5.74) is 2.35. The lowest BCUT2D eigenvalue weighted by Crippen LogP contribution is -2.43. The van der Waals surface area contributed by atoms with E-state index in [-0.39, 0.29) is 5.91 Å². The highest BCUT2D eigenvalue weighted by Gasteiger charge is 2.41. The van der Waals surface area contributed by atoms with Gasteiger partial charge in [0, 0.05) is 45.0 Å². The number of benzene rings is 1. The lowest BCUT2D eigenvalue weighted by Gasteiger charge is -2.39. The minimum atomic E-state index is -0.00556. The molecule has 35 heavy (non-hydrogen) atoms. The van der Waals surface area contributed by atoms with Crippen molar-refractivity contribution >= 4 is 29.0 Å². The number of hydrogen-bond acceptors (Lipinski definition) is 6. The molecule has 3 aliphatic heterocycles. The van der Waals surface area contributed by atoms with Crippen molar-refractivity contribution in [1.29, 1.82) is 5.26 Å². The molecule has 3 aliphatic rings. The lowest BCUT2D eigenvalue weighted by atomic mass is 9.78. The van der Waals surface area contributed by atoms with Crippen LogP contribution in [0.15, 0.2) is 30.3 Å². The van der Waals surface area contributed by atoms with Crippen LogP contribution in [0.1, 0.15) is 55.6 Å². The first kappa shape index (κ1) is 23.9. The van der Waals surface area contributed by atoms with Gasteiger partial charge in [0.15, 0.2) is 11.5 Å². The Kier molecular flexibility index (Phi) is 6.59. The molecule has 184 valence electrons. The van der Waals surface area contributed by atoms with Crippen molar-refractivity contribution < 1.29 is 4.79 Å². The first-order chi connectivity index (χ1) is 16.9. The van der Waals surface area contributed by atoms with Gasteiger partial charge in [0.25, 0.3) is 5.91 Å². The van der Waals surface area contributed by atoms with Crippen LogP contribution in [0.2, 0.25) is 5.02 Å². The van der Waals surface area contributed by atoms with Gasteiger partial charge in [-0.2, -0.15) is 5.26 Å². The summed E-state index contributed by atoms with van der Waals surface area (Å²) < 4.78 is 0. The molecule has 0 saturated carbocycles. The third-order valence-electron chi connectivity index (χ3n) is 8.05. The molecule has 0 N–H and O–H groups in total. The molecule has 3 fully saturated rings. The van der Waals surface area contributed by atoms with Crippen LogP contribution in [0.3, 0.4) is 0 Å². The van der Waals surface area contributed by atoms with E-state index in [0.717, 1.165) is 70.0 Å². The Labute approximate surface area is 212 Å². The Morgan fingerprint density at radius 3 is 2.31 bits per heavy atom. The quantitative estimate of drug-likeness (QED) is 0.622. The van der Waals surface area contributed by atoms with E-state index in [2.05, 4.69) is 39.9 Å². The summed E-state index contributed by atoms with van der Waals surface area (Å²) in [7, 11) is 0. The molecular formula is C27H33ClN6O. The number of halogens is 1. The van der Waals surface area contributed by atoms with Crippen molar-refractivity contribution in [1.82, 2.24) is 15.1 Å². The molecule has 0 radical (unpaired) electrons. The summed E-state index contributed by atoms with van der Waals surface area (Å²) in [5, 5.41) is 18.4. The number of nitrogens with zero attached hydrogens (tertiary/aromatic N) is 6. The number of anilines is 2. The predicted octanol–water partition coefficient (Wildman–Crippen LogP) is 4.62. The molecule has 4 heterocycles. The number of carbonyl (C=O) groups is 1. The zero-order chi connectivity index (χ0) is 24.6. The average molecular weight is 493 g/mol. The van der Waals surface area contributed by atoms with E-state index < -0.39 is 0 Å². The number of nitriles is 1. The largest absolute Gasteiger partial charge is 0.371 e. The topological polar surface area (TPSA) is 76.4 Å². The fraction of sp³-hybridized carbons (Fsp3) is 0.556. The second-order valence-corrected chi connectivity index (χ2v) is 11.3. The zero-order valence-electron chi connectivity index (χ0n) is 20.6. The van der Waals surface area contributed by atoms with Crippen LogP contribution >= 0.6 is 11.6 Å². The molecule has 1 spiro atoms.